The van der Waals surface area contributed by atoms with E-state index in [0.717, 1.165) is 12.8 Å². The molecule has 4 heteroatoms. The Bertz CT molecular complexity index is 302. The fourth-order valence-electron chi connectivity index (χ4n) is 1.20. The number of carbonyl (C=O) groups excluding carboxylic acids is 1. The molecule has 0 amide bonds. The molecule has 0 bridgehead atoms. The Morgan fingerprint density at radius 2 is 1.60 bits per heavy atom. The molecule has 0 aromatic carbocycles. The van der Waals surface area contributed by atoms with E-state index >= 15 is 0 Å². The van der Waals surface area contributed by atoms with E-state index in [-0.39, 0.29) is 11.9 Å². The first kappa shape index (κ1) is 21.0. The SMILES string of the molecule is CC(=O)OCCC(C)CCC=C(C)C.CC(C)C(=O)O. The summed E-state index contributed by atoms with van der Waals surface area (Å²) in [5, 5.41) is 7.99. The van der Waals surface area contributed by atoms with E-state index < -0.39 is 5.97 Å². The van der Waals surface area contributed by atoms with E-state index in [0.29, 0.717) is 12.5 Å². The van der Waals surface area contributed by atoms with Crippen LogP contribution in [-0.2, 0) is 14.3 Å². The zero-order valence-electron chi connectivity index (χ0n) is 13.7. The molecule has 0 radical (unpaired) electrons. The van der Waals surface area contributed by atoms with Crippen molar-refractivity contribution in [2.45, 2.75) is 60.8 Å². The number of hydrogen-bond acceptors (Lipinski definition) is 3. The van der Waals surface area contributed by atoms with Gasteiger partial charge in [0.1, 0.15) is 0 Å². The molecule has 20 heavy (non-hydrogen) atoms. The maximum atomic E-state index is 10.5. The highest BCUT2D eigenvalue weighted by molar-refractivity contribution is 5.68. The normalized spacial score (nSPS) is 11.2. The quantitative estimate of drug-likeness (QED) is 0.566. The van der Waals surface area contributed by atoms with Crippen molar-refractivity contribution in [2.24, 2.45) is 11.8 Å². The van der Waals surface area contributed by atoms with Gasteiger partial charge >= 0.3 is 11.9 Å². The lowest BCUT2D eigenvalue weighted by molar-refractivity contribution is -0.141. The fraction of sp³-hybridized carbons (Fsp3) is 0.750. The Labute approximate surface area is 123 Å². The molecule has 0 rings (SSSR count). The zero-order chi connectivity index (χ0) is 16.1. The van der Waals surface area contributed by atoms with E-state index in [1.54, 1.807) is 13.8 Å². The molecule has 0 aromatic rings. The number of allylic oxidation sites excluding steroid dienone is 2. The van der Waals surface area contributed by atoms with Gasteiger partial charge in [0.05, 0.1) is 12.5 Å². The van der Waals surface area contributed by atoms with Crippen LogP contribution in [0.5, 0.6) is 0 Å². The largest absolute Gasteiger partial charge is 0.481 e. The van der Waals surface area contributed by atoms with Crippen LogP contribution in [0.2, 0.25) is 0 Å². The van der Waals surface area contributed by atoms with Crippen molar-refractivity contribution in [1.82, 2.24) is 0 Å². The molecule has 1 N–H and O–H groups in total. The molecule has 118 valence electrons. The third kappa shape index (κ3) is 19.0. The summed E-state index contributed by atoms with van der Waals surface area (Å²) in [4.78, 5) is 20.2. The van der Waals surface area contributed by atoms with E-state index in [9.17, 15) is 9.59 Å². The van der Waals surface area contributed by atoms with Crippen molar-refractivity contribution >= 4 is 11.9 Å². The Morgan fingerprint density at radius 1 is 1.10 bits per heavy atom. The predicted molar refractivity (Wildman–Crippen MR) is 81.6 cm³/mol. The molecule has 0 saturated carbocycles. The Morgan fingerprint density at radius 3 is 1.95 bits per heavy atom. The maximum absolute atomic E-state index is 10.5. The van der Waals surface area contributed by atoms with E-state index in [4.69, 9.17) is 9.84 Å². The standard InChI is InChI=1S/C12H22O2.C4H8O2/c1-10(2)6-5-7-11(3)8-9-14-12(4)13;1-3(2)4(5)6/h6,11H,5,7-9H2,1-4H3;3H,1-2H3,(H,5,6). The zero-order valence-corrected chi connectivity index (χ0v) is 13.7. The number of carboxylic acid groups (broad SMARTS) is 1. The first-order valence-corrected chi connectivity index (χ1v) is 7.16. The molecular formula is C16H30O4. The number of aliphatic carboxylic acids is 1. The molecule has 0 fully saturated rings. The van der Waals surface area contributed by atoms with Gasteiger partial charge in [-0.3, -0.25) is 9.59 Å². The summed E-state index contributed by atoms with van der Waals surface area (Å²) in [5.41, 5.74) is 1.37. The van der Waals surface area contributed by atoms with E-state index in [1.807, 2.05) is 0 Å². The van der Waals surface area contributed by atoms with Crippen LogP contribution in [0, 0.1) is 11.8 Å². The average Bonchev–Trinajstić information content (AvgIpc) is 2.28. The summed E-state index contributed by atoms with van der Waals surface area (Å²) in [6, 6.07) is 0. The van der Waals surface area contributed by atoms with Gasteiger partial charge in [0.15, 0.2) is 0 Å². The summed E-state index contributed by atoms with van der Waals surface area (Å²) >= 11 is 0. The van der Waals surface area contributed by atoms with Gasteiger partial charge in [0.25, 0.3) is 0 Å². The van der Waals surface area contributed by atoms with Crippen molar-refractivity contribution in [3.05, 3.63) is 11.6 Å². The molecule has 0 aliphatic carbocycles. The molecule has 4 nitrogen and oxygen atoms in total. The fourth-order valence-corrected chi connectivity index (χ4v) is 1.20. The van der Waals surface area contributed by atoms with Gasteiger partial charge in [-0.05, 0) is 39.0 Å². The van der Waals surface area contributed by atoms with Gasteiger partial charge in [-0.2, -0.15) is 0 Å². The Kier molecular flexibility index (Phi) is 13.3. The van der Waals surface area contributed by atoms with Gasteiger partial charge in [-0.1, -0.05) is 32.4 Å². The number of carboxylic acids is 1. The lowest BCUT2D eigenvalue weighted by Crippen LogP contribution is -2.05. The molecule has 0 aromatic heterocycles. The Hall–Kier alpha value is -1.32. The summed E-state index contributed by atoms with van der Waals surface area (Å²) in [7, 11) is 0. The maximum Gasteiger partial charge on any atom is 0.305 e. The van der Waals surface area contributed by atoms with Crippen LogP contribution in [0.15, 0.2) is 11.6 Å². The predicted octanol–water partition coefficient (Wildman–Crippen LogP) is 4.05. The van der Waals surface area contributed by atoms with Crippen LogP contribution in [0.1, 0.15) is 60.8 Å². The minimum atomic E-state index is -0.741. The molecule has 0 aliphatic rings. The monoisotopic (exact) mass is 286 g/mol. The molecular weight excluding hydrogens is 256 g/mol. The van der Waals surface area contributed by atoms with Crippen molar-refractivity contribution < 1.29 is 19.4 Å². The minimum Gasteiger partial charge on any atom is -0.481 e. The van der Waals surface area contributed by atoms with Gasteiger partial charge in [-0.15, -0.1) is 0 Å². The summed E-state index contributed by atoms with van der Waals surface area (Å²) in [6.07, 6.45) is 5.52. The second kappa shape index (κ2) is 12.7. The second-order valence-electron chi connectivity index (χ2n) is 5.59. The van der Waals surface area contributed by atoms with Crippen LogP contribution in [-0.4, -0.2) is 23.7 Å². The second-order valence-corrected chi connectivity index (χ2v) is 5.59. The highest BCUT2D eigenvalue weighted by Gasteiger charge is 2.02. The Balaban J connectivity index is 0. The highest BCUT2D eigenvalue weighted by atomic mass is 16.5. The number of rotatable bonds is 7. The van der Waals surface area contributed by atoms with Crippen LogP contribution in [0.4, 0.5) is 0 Å². The van der Waals surface area contributed by atoms with Crippen molar-refractivity contribution in [3.63, 3.8) is 0 Å². The summed E-state index contributed by atoms with van der Waals surface area (Å²) in [6.45, 7) is 11.7. The first-order valence-electron chi connectivity index (χ1n) is 7.16. The number of carbonyl (C=O) groups is 2. The third-order valence-corrected chi connectivity index (χ3v) is 2.62. The van der Waals surface area contributed by atoms with Gasteiger partial charge in [0, 0.05) is 6.92 Å². The molecule has 0 saturated heterocycles. The summed E-state index contributed by atoms with van der Waals surface area (Å²) in [5.74, 6) is -0.522. The average molecular weight is 286 g/mol. The van der Waals surface area contributed by atoms with Crippen LogP contribution < -0.4 is 0 Å². The van der Waals surface area contributed by atoms with Crippen molar-refractivity contribution in [1.29, 1.82) is 0 Å². The lowest BCUT2D eigenvalue weighted by atomic mass is 10.0. The van der Waals surface area contributed by atoms with Gasteiger partial charge < -0.3 is 9.84 Å². The third-order valence-electron chi connectivity index (χ3n) is 2.62. The van der Waals surface area contributed by atoms with Gasteiger partial charge in [-0.25, -0.2) is 0 Å². The molecule has 0 heterocycles. The number of ether oxygens (including phenoxy) is 1. The highest BCUT2D eigenvalue weighted by Crippen LogP contribution is 2.11. The van der Waals surface area contributed by atoms with Crippen molar-refractivity contribution in [2.75, 3.05) is 6.61 Å². The lowest BCUT2D eigenvalue weighted by Gasteiger charge is -2.09. The van der Waals surface area contributed by atoms with Crippen molar-refractivity contribution in [3.8, 4) is 0 Å². The number of esters is 1. The van der Waals surface area contributed by atoms with Gasteiger partial charge in [0.2, 0.25) is 0 Å². The van der Waals surface area contributed by atoms with Crippen LogP contribution >= 0.6 is 0 Å². The molecule has 0 spiro atoms. The molecule has 1 unspecified atom stereocenters. The van der Waals surface area contributed by atoms with E-state index in [2.05, 4.69) is 26.8 Å². The molecule has 1 atom stereocenters. The molecule has 0 aliphatic heterocycles. The van der Waals surface area contributed by atoms with Crippen LogP contribution in [0.25, 0.3) is 0 Å². The smallest absolute Gasteiger partial charge is 0.305 e. The first-order chi connectivity index (χ1) is 9.16. The topological polar surface area (TPSA) is 63.6 Å². The number of hydrogen-bond donors (Lipinski definition) is 1. The summed E-state index contributed by atoms with van der Waals surface area (Å²) < 4.78 is 4.89. The van der Waals surface area contributed by atoms with Crippen LogP contribution in [0.3, 0.4) is 0 Å². The van der Waals surface area contributed by atoms with E-state index in [1.165, 1.54) is 18.9 Å². The minimum absolute atomic E-state index is 0.179.